The molecule has 0 fully saturated rings. The second-order valence-electron chi connectivity index (χ2n) is 5.23. The van der Waals surface area contributed by atoms with Crippen LogP contribution >= 0.6 is 11.3 Å². The maximum Gasteiger partial charge on any atom is 0.421 e. The van der Waals surface area contributed by atoms with E-state index in [0.717, 1.165) is 17.0 Å². The highest BCUT2D eigenvalue weighted by molar-refractivity contribution is 7.22. The van der Waals surface area contributed by atoms with Crippen LogP contribution in [0.1, 0.15) is 5.56 Å². The number of anilines is 1. The number of alkyl halides is 3. The number of halogens is 3. The molecule has 136 valence electrons. The fraction of sp³-hybridized carbons (Fsp3) is 0.188. The van der Waals surface area contributed by atoms with Gasteiger partial charge >= 0.3 is 6.18 Å². The Balaban J connectivity index is 1.81. The number of hydrogen-bond donors (Lipinski definition) is 1. The average molecular weight is 383 g/mol. The quantitative estimate of drug-likeness (QED) is 0.751. The minimum absolute atomic E-state index is 0.259. The van der Waals surface area contributed by atoms with E-state index < -0.39 is 29.8 Å². The van der Waals surface area contributed by atoms with E-state index in [0.29, 0.717) is 21.9 Å². The molecule has 6 nitrogen and oxygen atoms in total. The molecule has 3 rings (SSSR count). The molecule has 26 heavy (non-hydrogen) atoms. The van der Waals surface area contributed by atoms with Gasteiger partial charge in [-0.2, -0.15) is 13.2 Å². The molecular formula is C16H12F3N3O3S. The number of thiazole rings is 1. The summed E-state index contributed by atoms with van der Waals surface area (Å²) in [7, 11) is 1.49. The Morgan fingerprint density at radius 2 is 2.08 bits per heavy atom. The summed E-state index contributed by atoms with van der Waals surface area (Å²) in [5.74, 6) is -0.127. The van der Waals surface area contributed by atoms with Crippen LogP contribution in [0.2, 0.25) is 0 Å². The van der Waals surface area contributed by atoms with Gasteiger partial charge in [0, 0.05) is 6.20 Å². The Hall–Kier alpha value is -2.88. The number of methoxy groups -OCH3 is 1. The molecule has 1 amide bonds. The molecule has 0 aliphatic heterocycles. The first kappa shape index (κ1) is 17.9. The Bertz CT molecular complexity index is 1030. The molecule has 0 aliphatic rings. The van der Waals surface area contributed by atoms with Gasteiger partial charge in [0.05, 0.1) is 11.8 Å². The van der Waals surface area contributed by atoms with Gasteiger partial charge in [-0.05, 0) is 24.3 Å². The summed E-state index contributed by atoms with van der Waals surface area (Å²) >= 11 is 1.19. The van der Waals surface area contributed by atoms with Crippen molar-refractivity contribution in [3.63, 3.8) is 0 Å². The third-order valence-electron chi connectivity index (χ3n) is 3.49. The van der Waals surface area contributed by atoms with Crippen LogP contribution < -0.4 is 15.6 Å². The van der Waals surface area contributed by atoms with E-state index in [2.05, 4.69) is 10.3 Å². The van der Waals surface area contributed by atoms with E-state index in [1.54, 1.807) is 18.2 Å². The number of nitrogens with zero attached hydrogens (tertiary/aromatic N) is 2. The summed E-state index contributed by atoms with van der Waals surface area (Å²) in [5.41, 5.74) is -2.04. The van der Waals surface area contributed by atoms with Gasteiger partial charge in [-0.1, -0.05) is 17.4 Å². The molecule has 1 aromatic carbocycles. The monoisotopic (exact) mass is 383 g/mol. The Morgan fingerprint density at radius 3 is 2.77 bits per heavy atom. The summed E-state index contributed by atoms with van der Waals surface area (Å²) in [6.07, 6.45) is -3.65. The molecule has 2 heterocycles. The van der Waals surface area contributed by atoms with E-state index in [1.165, 1.54) is 18.4 Å². The van der Waals surface area contributed by atoms with Gasteiger partial charge in [0.25, 0.3) is 5.56 Å². The molecule has 0 saturated heterocycles. The second kappa shape index (κ2) is 6.79. The number of rotatable bonds is 4. The lowest BCUT2D eigenvalue weighted by atomic mass is 10.2. The zero-order valence-corrected chi connectivity index (χ0v) is 14.1. The van der Waals surface area contributed by atoms with Crippen molar-refractivity contribution in [1.82, 2.24) is 9.55 Å². The summed E-state index contributed by atoms with van der Waals surface area (Å²) < 4.78 is 45.0. The van der Waals surface area contributed by atoms with Crippen molar-refractivity contribution >= 4 is 32.6 Å². The van der Waals surface area contributed by atoms with Crippen LogP contribution in [-0.4, -0.2) is 22.6 Å². The molecule has 0 saturated carbocycles. The largest absolute Gasteiger partial charge is 0.494 e. The van der Waals surface area contributed by atoms with Gasteiger partial charge in [-0.3, -0.25) is 9.59 Å². The topological polar surface area (TPSA) is 73.2 Å². The van der Waals surface area contributed by atoms with Crippen LogP contribution in [0.25, 0.3) is 10.2 Å². The van der Waals surface area contributed by atoms with Gasteiger partial charge in [0.15, 0.2) is 5.13 Å². The van der Waals surface area contributed by atoms with Crippen molar-refractivity contribution in [2.24, 2.45) is 0 Å². The molecule has 0 aliphatic carbocycles. The molecule has 0 radical (unpaired) electrons. The molecule has 0 unspecified atom stereocenters. The van der Waals surface area contributed by atoms with Crippen molar-refractivity contribution in [3.05, 3.63) is 52.4 Å². The Morgan fingerprint density at radius 1 is 1.31 bits per heavy atom. The summed E-state index contributed by atoms with van der Waals surface area (Å²) in [5, 5.41) is 2.75. The lowest BCUT2D eigenvalue weighted by Crippen LogP contribution is -2.31. The van der Waals surface area contributed by atoms with Gasteiger partial charge in [0.2, 0.25) is 5.91 Å². The van der Waals surface area contributed by atoms with E-state index in [9.17, 15) is 22.8 Å². The summed E-state index contributed by atoms with van der Waals surface area (Å²) in [4.78, 5) is 28.2. The average Bonchev–Trinajstić information content (AvgIpc) is 2.97. The van der Waals surface area contributed by atoms with Gasteiger partial charge in [0.1, 0.15) is 23.4 Å². The number of para-hydroxylation sites is 1. The molecular weight excluding hydrogens is 371 g/mol. The number of fused-ring (bicyclic) bond motifs is 1. The van der Waals surface area contributed by atoms with Crippen LogP contribution in [0.3, 0.4) is 0 Å². The van der Waals surface area contributed by atoms with Crippen molar-refractivity contribution in [3.8, 4) is 5.75 Å². The number of carbonyl (C=O) groups excluding carboxylic acids is 1. The highest BCUT2D eigenvalue weighted by Crippen LogP contribution is 2.32. The second-order valence-corrected chi connectivity index (χ2v) is 6.26. The molecule has 2 aromatic heterocycles. The predicted octanol–water partition coefficient (Wildman–Crippen LogP) is 3.12. The number of amides is 1. The summed E-state index contributed by atoms with van der Waals surface area (Å²) in [6, 6.07) is 7.03. The molecule has 10 heteroatoms. The Labute approximate surface area is 148 Å². The van der Waals surface area contributed by atoms with E-state index in [4.69, 9.17) is 4.74 Å². The molecule has 1 N–H and O–H groups in total. The van der Waals surface area contributed by atoms with E-state index >= 15 is 0 Å². The van der Waals surface area contributed by atoms with Crippen molar-refractivity contribution in [1.29, 1.82) is 0 Å². The first-order valence-corrected chi connectivity index (χ1v) is 8.11. The molecule has 0 bridgehead atoms. The fourth-order valence-corrected chi connectivity index (χ4v) is 3.23. The number of nitrogens with one attached hydrogen (secondary N) is 1. The maximum atomic E-state index is 12.8. The smallest absolute Gasteiger partial charge is 0.421 e. The fourth-order valence-electron chi connectivity index (χ4n) is 2.33. The van der Waals surface area contributed by atoms with Crippen molar-refractivity contribution in [2.75, 3.05) is 12.4 Å². The molecule has 0 atom stereocenters. The third-order valence-corrected chi connectivity index (χ3v) is 4.42. The zero-order chi connectivity index (χ0) is 18.9. The normalized spacial score (nSPS) is 11.5. The van der Waals surface area contributed by atoms with E-state index in [-0.39, 0.29) is 5.13 Å². The number of benzene rings is 1. The minimum atomic E-state index is -4.78. The van der Waals surface area contributed by atoms with Crippen molar-refractivity contribution < 1.29 is 22.7 Å². The molecule has 0 spiro atoms. The van der Waals surface area contributed by atoms with E-state index in [1.807, 2.05) is 0 Å². The van der Waals surface area contributed by atoms with Crippen LogP contribution in [0.4, 0.5) is 18.3 Å². The van der Waals surface area contributed by atoms with Gasteiger partial charge < -0.3 is 14.6 Å². The van der Waals surface area contributed by atoms with Crippen molar-refractivity contribution in [2.45, 2.75) is 12.7 Å². The highest BCUT2D eigenvalue weighted by Gasteiger charge is 2.34. The molecule has 3 aromatic rings. The van der Waals surface area contributed by atoms with Gasteiger partial charge in [-0.15, -0.1) is 0 Å². The standard InChI is InChI=1S/C16H12F3N3O3S/c1-25-10-5-2-6-11-13(10)21-15(26-11)20-12(23)8-22-7-3-4-9(14(22)24)16(17,18)19/h2-7H,8H2,1H3,(H,20,21,23). The maximum absolute atomic E-state index is 12.8. The minimum Gasteiger partial charge on any atom is -0.494 e. The zero-order valence-electron chi connectivity index (χ0n) is 13.3. The number of hydrogen-bond acceptors (Lipinski definition) is 5. The van der Waals surface area contributed by atoms with Gasteiger partial charge in [-0.25, -0.2) is 4.98 Å². The number of ether oxygens (including phenoxy) is 1. The number of carbonyl (C=O) groups is 1. The Kier molecular flexibility index (Phi) is 4.68. The van der Waals surface area contributed by atoms with Crippen LogP contribution in [-0.2, 0) is 17.5 Å². The first-order chi connectivity index (χ1) is 12.3. The number of aromatic nitrogens is 2. The first-order valence-electron chi connectivity index (χ1n) is 7.29. The lowest BCUT2D eigenvalue weighted by Gasteiger charge is -2.09. The number of pyridine rings is 1. The van der Waals surface area contributed by atoms with Crippen LogP contribution in [0.5, 0.6) is 5.75 Å². The lowest BCUT2D eigenvalue weighted by molar-refractivity contribution is -0.139. The predicted molar refractivity (Wildman–Crippen MR) is 90.5 cm³/mol. The summed E-state index contributed by atoms with van der Waals surface area (Å²) in [6.45, 7) is -0.560. The SMILES string of the molecule is COc1cccc2sc(NC(=O)Cn3cccc(C(F)(F)F)c3=O)nc12. The van der Waals surface area contributed by atoms with Crippen LogP contribution in [0.15, 0.2) is 41.3 Å². The van der Waals surface area contributed by atoms with Crippen LogP contribution in [0, 0.1) is 0 Å². The third kappa shape index (κ3) is 3.54. The highest BCUT2D eigenvalue weighted by atomic mass is 32.1.